The van der Waals surface area contributed by atoms with Crippen molar-refractivity contribution < 1.29 is 19.1 Å². The van der Waals surface area contributed by atoms with Gasteiger partial charge in [0, 0.05) is 12.5 Å². The van der Waals surface area contributed by atoms with Crippen molar-refractivity contribution in [3.63, 3.8) is 0 Å². The molecule has 1 heterocycles. The Hall–Kier alpha value is -1.78. The zero-order valence-electron chi connectivity index (χ0n) is 7.69. The molecular weight excluding hydrogens is 186 g/mol. The van der Waals surface area contributed by atoms with Crippen LogP contribution in [0.1, 0.15) is 24.9 Å². The van der Waals surface area contributed by atoms with Gasteiger partial charge in [0.15, 0.2) is 0 Å². The van der Waals surface area contributed by atoms with E-state index in [0.29, 0.717) is 5.56 Å². The molecule has 1 aromatic heterocycles. The highest BCUT2D eigenvalue weighted by Crippen LogP contribution is 2.16. The number of hydrogen-bond donors (Lipinski definition) is 2. The summed E-state index contributed by atoms with van der Waals surface area (Å²) in [7, 11) is 0. The average Bonchev–Trinajstić information content (AvgIpc) is 2.52. The molecule has 1 rings (SSSR count). The fourth-order valence-electron chi connectivity index (χ4n) is 1.15. The van der Waals surface area contributed by atoms with Gasteiger partial charge in [0.25, 0.3) is 0 Å². The summed E-state index contributed by atoms with van der Waals surface area (Å²) in [6, 6.07) is 1.10. The number of nitrogens with one attached hydrogen (secondary N) is 1. The Labute approximate surface area is 80.7 Å². The van der Waals surface area contributed by atoms with Crippen LogP contribution in [0.25, 0.3) is 0 Å². The number of carbonyl (C=O) groups is 2. The van der Waals surface area contributed by atoms with Crippen molar-refractivity contribution in [3.8, 4) is 0 Å². The second kappa shape index (κ2) is 4.45. The molecular formula is C9H11NO4. The predicted molar refractivity (Wildman–Crippen MR) is 47.5 cm³/mol. The first-order valence-electron chi connectivity index (χ1n) is 4.10. The molecule has 0 aromatic carbocycles. The van der Waals surface area contributed by atoms with Crippen molar-refractivity contribution in [3.05, 3.63) is 24.2 Å². The first kappa shape index (κ1) is 10.3. The van der Waals surface area contributed by atoms with Crippen molar-refractivity contribution in [1.82, 2.24) is 5.32 Å². The summed E-state index contributed by atoms with van der Waals surface area (Å²) in [4.78, 5) is 21.3. The van der Waals surface area contributed by atoms with E-state index < -0.39 is 12.0 Å². The van der Waals surface area contributed by atoms with E-state index in [9.17, 15) is 9.59 Å². The van der Waals surface area contributed by atoms with E-state index in [1.807, 2.05) is 0 Å². The van der Waals surface area contributed by atoms with Crippen molar-refractivity contribution in [2.45, 2.75) is 19.4 Å². The van der Waals surface area contributed by atoms with Gasteiger partial charge in [-0.2, -0.15) is 0 Å². The third-order valence-corrected chi connectivity index (χ3v) is 1.70. The SMILES string of the molecule is CC(=O)NC(CC(=O)O)c1ccoc1. The fourth-order valence-corrected chi connectivity index (χ4v) is 1.15. The number of rotatable bonds is 4. The summed E-state index contributed by atoms with van der Waals surface area (Å²) in [5.74, 6) is -1.23. The van der Waals surface area contributed by atoms with Gasteiger partial charge in [-0.1, -0.05) is 0 Å². The van der Waals surface area contributed by atoms with Gasteiger partial charge in [-0.05, 0) is 6.07 Å². The molecule has 0 aliphatic heterocycles. The molecule has 1 atom stereocenters. The average molecular weight is 197 g/mol. The van der Waals surface area contributed by atoms with Crippen LogP contribution in [0.3, 0.4) is 0 Å². The van der Waals surface area contributed by atoms with Crippen LogP contribution in [0.2, 0.25) is 0 Å². The number of amides is 1. The topological polar surface area (TPSA) is 79.5 Å². The van der Waals surface area contributed by atoms with Crippen molar-refractivity contribution in [2.75, 3.05) is 0 Å². The Morgan fingerprint density at radius 2 is 2.36 bits per heavy atom. The van der Waals surface area contributed by atoms with Crippen LogP contribution < -0.4 is 5.32 Å². The standard InChI is InChI=1S/C9H11NO4/c1-6(11)10-8(4-9(12)13)7-2-3-14-5-7/h2-3,5,8H,4H2,1H3,(H,10,11)(H,12,13). The van der Waals surface area contributed by atoms with Crippen LogP contribution in [0.15, 0.2) is 23.0 Å². The minimum Gasteiger partial charge on any atom is -0.481 e. The molecule has 5 nitrogen and oxygen atoms in total. The first-order valence-corrected chi connectivity index (χ1v) is 4.10. The smallest absolute Gasteiger partial charge is 0.305 e. The second-order valence-electron chi connectivity index (χ2n) is 2.91. The van der Waals surface area contributed by atoms with Crippen LogP contribution in [0.4, 0.5) is 0 Å². The Kier molecular flexibility index (Phi) is 3.28. The van der Waals surface area contributed by atoms with Gasteiger partial charge < -0.3 is 14.8 Å². The van der Waals surface area contributed by atoms with E-state index in [2.05, 4.69) is 5.32 Å². The molecule has 76 valence electrons. The highest BCUT2D eigenvalue weighted by molar-refractivity contribution is 5.75. The molecule has 5 heteroatoms. The molecule has 1 aromatic rings. The normalized spacial score (nSPS) is 12.1. The first-order chi connectivity index (χ1) is 6.59. The fraction of sp³-hybridized carbons (Fsp3) is 0.333. The highest BCUT2D eigenvalue weighted by atomic mass is 16.4. The van der Waals surface area contributed by atoms with E-state index in [4.69, 9.17) is 9.52 Å². The van der Waals surface area contributed by atoms with Crippen LogP contribution >= 0.6 is 0 Å². The minimum atomic E-state index is -0.968. The lowest BCUT2D eigenvalue weighted by Gasteiger charge is -2.13. The molecule has 1 unspecified atom stereocenters. The van der Waals surface area contributed by atoms with Crippen molar-refractivity contribution in [1.29, 1.82) is 0 Å². The molecule has 0 saturated heterocycles. The summed E-state index contributed by atoms with van der Waals surface area (Å²) >= 11 is 0. The largest absolute Gasteiger partial charge is 0.481 e. The van der Waals surface area contributed by atoms with Gasteiger partial charge in [0.2, 0.25) is 5.91 Å². The van der Waals surface area contributed by atoms with Gasteiger partial charge in [0.05, 0.1) is 25.0 Å². The molecule has 2 N–H and O–H groups in total. The minimum absolute atomic E-state index is 0.154. The Balaban J connectivity index is 2.71. The Morgan fingerprint density at radius 1 is 1.64 bits per heavy atom. The van der Waals surface area contributed by atoms with Gasteiger partial charge >= 0.3 is 5.97 Å². The number of furan rings is 1. The number of carbonyl (C=O) groups excluding carboxylic acids is 1. The van der Waals surface area contributed by atoms with Crippen LogP contribution in [-0.4, -0.2) is 17.0 Å². The highest BCUT2D eigenvalue weighted by Gasteiger charge is 2.17. The van der Waals surface area contributed by atoms with E-state index in [1.165, 1.54) is 19.5 Å². The van der Waals surface area contributed by atoms with E-state index in [0.717, 1.165) is 0 Å². The third kappa shape index (κ3) is 2.93. The number of hydrogen-bond acceptors (Lipinski definition) is 3. The second-order valence-corrected chi connectivity index (χ2v) is 2.91. The molecule has 0 saturated carbocycles. The van der Waals surface area contributed by atoms with E-state index in [1.54, 1.807) is 6.07 Å². The van der Waals surface area contributed by atoms with Crippen LogP contribution in [0.5, 0.6) is 0 Å². The summed E-state index contributed by atoms with van der Waals surface area (Å²) < 4.78 is 4.81. The number of aliphatic carboxylic acids is 1. The molecule has 0 bridgehead atoms. The zero-order valence-corrected chi connectivity index (χ0v) is 7.69. The Bertz CT molecular complexity index is 302. The predicted octanol–water partition coefficient (Wildman–Crippen LogP) is 0.932. The molecule has 0 fully saturated rings. The monoisotopic (exact) mass is 197 g/mol. The summed E-state index contributed by atoms with van der Waals surface area (Å²) in [5.41, 5.74) is 0.655. The molecule has 0 radical (unpaired) electrons. The van der Waals surface area contributed by atoms with Gasteiger partial charge in [0.1, 0.15) is 0 Å². The lowest BCUT2D eigenvalue weighted by molar-refractivity contribution is -0.137. The van der Waals surface area contributed by atoms with E-state index in [-0.39, 0.29) is 12.3 Å². The van der Waals surface area contributed by atoms with E-state index >= 15 is 0 Å². The van der Waals surface area contributed by atoms with Gasteiger partial charge in [-0.25, -0.2) is 0 Å². The molecule has 0 aliphatic rings. The molecule has 0 aliphatic carbocycles. The van der Waals surface area contributed by atoms with Crippen molar-refractivity contribution in [2.24, 2.45) is 0 Å². The quantitative estimate of drug-likeness (QED) is 0.752. The third-order valence-electron chi connectivity index (χ3n) is 1.70. The Morgan fingerprint density at radius 3 is 2.79 bits per heavy atom. The maximum absolute atomic E-state index is 10.8. The molecule has 0 spiro atoms. The van der Waals surface area contributed by atoms with Crippen LogP contribution in [0, 0.1) is 0 Å². The molecule has 14 heavy (non-hydrogen) atoms. The van der Waals surface area contributed by atoms with Gasteiger partial charge in [-0.15, -0.1) is 0 Å². The lowest BCUT2D eigenvalue weighted by Crippen LogP contribution is -2.27. The maximum atomic E-state index is 10.8. The summed E-state index contributed by atoms with van der Waals surface area (Å²) in [5, 5.41) is 11.1. The number of carboxylic acid groups (broad SMARTS) is 1. The van der Waals surface area contributed by atoms with Crippen molar-refractivity contribution >= 4 is 11.9 Å². The number of carboxylic acids is 1. The van der Waals surface area contributed by atoms with Crippen LogP contribution in [-0.2, 0) is 9.59 Å². The lowest BCUT2D eigenvalue weighted by atomic mass is 10.1. The zero-order chi connectivity index (χ0) is 10.6. The molecule has 1 amide bonds. The van der Waals surface area contributed by atoms with Gasteiger partial charge in [-0.3, -0.25) is 9.59 Å². The summed E-state index contributed by atoms with van der Waals surface area (Å²) in [6.45, 7) is 1.34. The maximum Gasteiger partial charge on any atom is 0.305 e. The summed E-state index contributed by atoms with van der Waals surface area (Å²) in [6.07, 6.45) is 2.70.